The molecule has 0 spiro atoms. The molecule has 1 fully saturated rings. The van der Waals surface area contributed by atoms with Crippen LogP contribution in [0.2, 0.25) is 0 Å². The minimum absolute atomic E-state index is 0.296. The molecule has 0 aromatic heterocycles. The summed E-state index contributed by atoms with van der Waals surface area (Å²) < 4.78 is 21.7. The molecule has 1 saturated heterocycles. The van der Waals surface area contributed by atoms with Gasteiger partial charge in [0.2, 0.25) is 0 Å². The van der Waals surface area contributed by atoms with Crippen molar-refractivity contribution in [2.75, 3.05) is 46.2 Å². The van der Waals surface area contributed by atoms with Crippen molar-refractivity contribution < 1.29 is 38.7 Å². The fourth-order valence-electron chi connectivity index (χ4n) is 1.89. The Kier molecular flexibility index (Phi) is 16.7. The van der Waals surface area contributed by atoms with E-state index in [-0.39, 0.29) is 12.8 Å². The average molecular weight is 364 g/mol. The summed E-state index contributed by atoms with van der Waals surface area (Å²) in [6.07, 6.45) is 4.33. The SMILES string of the molecule is CCCCOCCOCCOCC1CCCO1.O=C(O)CCC(=O)O. The molecular formula is C17H32O8. The van der Waals surface area contributed by atoms with Crippen LogP contribution in [0.1, 0.15) is 45.4 Å². The lowest BCUT2D eigenvalue weighted by molar-refractivity contribution is -0.143. The third kappa shape index (κ3) is 19.0. The molecule has 1 aliphatic rings. The number of aliphatic carboxylic acids is 2. The van der Waals surface area contributed by atoms with Crippen molar-refractivity contribution in [3.8, 4) is 0 Å². The fraction of sp³-hybridized carbons (Fsp3) is 0.882. The second-order valence-electron chi connectivity index (χ2n) is 5.58. The minimum atomic E-state index is -1.08. The quantitative estimate of drug-likeness (QED) is 0.450. The predicted octanol–water partition coefficient (Wildman–Crippen LogP) is 1.95. The van der Waals surface area contributed by atoms with Gasteiger partial charge in [-0.05, 0) is 19.3 Å². The summed E-state index contributed by atoms with van der Waals surface area (Å²) in [5, 5.41) is 15.8. The maximum absolute atomic E-state index is 9.64. The Bertz CT molecular complexity index is 315. The van der Waals surface area contributed by atoms with Crippen LogP contribution in [-0.4, -0.2) is 74.5 Å². The number of unbranched alkanes of at least 4 members (excludes halogenated alkanes) is 1. The maximum Gasteiger partial charge on any atom is 0.303 e. The maximum atomic E-state index is 9.64. The summed E-state index contributed by atoms with van der Waals surface area (Å²) in [5.74, 6) is -2.15. The third-order valence-electron chi connectivity index (χ3n) is 3.27. The van der Waals surface area contributed by atoms with Gasteiger partial charge in [0.15, 0.2) is 0 Å². The van der Waals surface area contributed by atoms with Gasteiger partial charge in [-0.15, -0.1) is 0 Å². The highest BCUT2D eigenvalue weighted by Gasteiger charge is 2.14. The lowest BCUT2D eigenvalue weighted by Gasteiger charge is -2.10. The van der Waals surface area contributed by atoms with Gasteiger partial charge in [-0.2, -0.15) is 0 Å². The van der Waals surface area contributed by atoms with Crippen LogP contribution >= 0.6 is 0 Å². The number of carboxylic acid groups (broad SMARTS) is 2. The van der Waals surface area contributed by atoms with Crippen LogP contribution in [0.5, 0.6) is 0 Å². The number of rotatable bonds is 14. The van der Waals surface area contributed by atoms with E-state index in [0.29, 0.717) is 39.1 Å². The second-order valence-corrected chi connectivity index (χ2v) is 5.58. The number of carbonyl (C=O) groups is 2. The molecule has 2 N–H and O–H groups in total. The molecule has 0 amide bonds. The summed E-state index contributed by atoms with van der Waals surface area (Å²) in [5.41, 5.74) is 0. The average Bonchev–Trinajstić information content (AvgIpc) is 3.09. The van der Waals surface area contributed by atoms with Crippen LogP contribution in [0.3, 0.4) is 0 Å². The minimum Gasteiger partial charge on any atom is -0.481 e. The molecule has 1 rings (SSSR count). The van der Waals surface area contributed by atoms with Crippen molar-refractivity contribution in [2.45, 2.75) is 51.6 Å². The van der Waals surface area contributed by atoms with Gasteiger partial charge in [0.25, 0.3) is 0 Å². The molecule has 0 radical (unpaired) electrons. The molecule has 1 atom stereocenters. The molecule has 0 bridgehead atoms. The Morgan fingerprint density at radius 2 is 1.52 bits per heavy atom. The number of ether oxygens (including phenoxy) is 4. The molecule has 0 aliphatic carbocycles. The summed E-state index contributed by atoms with van der Waals surface area (Å²) in [6.45, 7) is 7.23. The predicted molar refractivity (Wildman–Crippen MR) is 90.8 cm³/mol. The number of hydrogen-bond donors (Lipinski definition) is 2. The van der Waals surface area contributed by atoms with Crippen molar-refractivity contribution in [3.05, 3.63) is 0 Å². The van der Waals surface area contributed by atoms with E-state index in [1.165, 1.54) is 12.8 Å². The van der Waals surface area contributed by atoms with Crippen molar-refractivity contribution in [2.24, 2.45) is 0 Å². The van der Waals surface area contributed by atoms with E-state index in [0.717, 1.165) is 26.1 Å². The molecule has 1 heterocycles. The Labute approximate surface area is 149 Å². The zero-order valence-electron chi connectivity index (χ0n) is 15.1. The van der Waals surface area contributed by atoms with Crippen LogP contribution < -0.4 is 0 Å². The monoisotopic (exact) mass is 364 g/mol. The molecule has 1 aliphatic heterocycles. The Hall–Kier alpha value is -1.22. The topological polar surface area (TPSA) is 112 Å². The second kappa shape index (κ2) is 17.6. The zero-order valence-corrected chi connectivity index (χ0v) is 15.1. The summed E-state index contributed by atoms with van der Waals surface area (Å²) in [6, 6.07) is 0. The lowest BCUT2D eigenvalue weighted by atomic mass is 10.2. The first kappa shape index (κ1) is 23.8. The fourth-order valence-corrected chi connectivity index (χ4v) is 1.89. The number of carboxylic acids is 2. The van der Waals surface area contributed by atoms with E-state index in [1.807, 2.05) is 0 Å². The standard InChI is InChI=1S/C13H26O4.C4H6O4/c1-2-3-6-14-8-9-15-10-11-16-12-13-5-4-7-17-13;5-3(6)1-2-4(7)8/h13H,2-12H2,1H3;1-2H2,(H,5,6)(H,7,8). The van der Waals surface area contributed by atoms with Crippen LogP contribution in [0.4, 0.5) is 0 Å². The molecule has 1 unspecified atom stereocenters. The summed E-state index contributed by atoms with van der Waals surface area (Å²) >= 11 is 0. The molecule has 0 aromatic rings. The molecule has 8 nitrogen and oxygen atoms in total. The first-order valence-corrected chi connectivity index (χ1v) is 8.84. The van der Waals surface area contributed by atoms with E-state index in [1.54, 1.807) is 0 Å². The van der Waals surface area contributed by atoms with Crippen molar-refractivity contribution >= 4 is 11.9 Å². The third-order valence-corrected chi connectivity index (χ3v) is 3.27. The molecule has 148 valence electrons. The molecule has 8 heteroatoms. The number of hydrogen-bond acceptors (Lipinski definition) is 6. The van der Waals surface area contributed by atoms with Gasteiger partial charge >= 0.3 is 11.9 Å². The Balaban J connectivity index is 0.000000609. The molecular weight excluding hydrogens is 332 g/mol. The van der Waals surface area contributed by atoms with Crippen LogP contribution in [-0.2, 0) is 28.5 Å². The van der Waals surface area contributed by atoms with E-state index < -0.39 is 11.9 Å². The first-order valence-electron chi connectivity index (χ1n) is 8.84. The van der Waals surface area contributed by atoms with Crippen molar-refractivity contribution in [1.29, 1.82) is 0 Å². The molecule has 0 saturated carbocycles. The Morgan fingerprint density at radius 1 is 0.960 bits per heavy atom. The van der Waals surface area contributed by atoms with Gasteiger partial charge in [0.1, 0.15) is 0 Å². The molecule has 25 heavy (non-hydrogen) atoms. The first-order chi connectivity index (χ1) is 12.1. The Morgan fingerprint density at radius 3 is 2.00 bits per heavy atom. The van der Waals surface area contributed by atoms with E-state index in [4.69, 9.17) is 29.2 Å². The van der Waals surface area contributed by atoms with E-state index in [2.05, 4.69) is 6.92 Å². The van der Waals surface area contributed by atoms with Crippen molar-refractivity contribution in [1.82, 2.24) is 0 Å². The highest BCUT2D eigenvalue weighted by Crippen LogP contribution is 2.11. The normalized spacial score (nSPS) is 16.3. The van der Waals surface area contributed by atoms with Crippen LogP contribution in [0.25, 0.3) is 0 Å². The summed E-state index contributed by atoms with van der Waals surface area (Å²) in [7, 11) is 0. The highest BCUT2D eigenvalue weighted by atomic mass is 16.6. The van der Waals surface area contributed by atoms with Gasteiger partial charge in [0.05, 0.1) is 52.0 Å². The smallest absolute Gasteiger partial charge is 0.303 e. The highest BCUT2D eigenvalue weighted by molar-refractivity contribution is 5.75. The lowest BCUT2D eigenvalue weighted by Crippen LogP contribution is -2.17. The van der Waals surface area contributed by atoms with Crippen molar-refractivity contribution in [3.63, 3.8) is 0 Å². The van der Waals surface area contributed by atoms with Crippen LogP contribution in [0, 0.1) is 0 Å². The van der Waals surface area contributed by atoms with Crippen LogP contribution in [0.15, 0.2) is 0 Å². The van der Waals surface area contributed by atoms with Gasteiger partial charge in [-0.25, -0.2) is 0 Å². The zero-order chi connectivity index (χ0) is 18.8. The van der Waals surface area contributed by atoms with E-state index in [9.17, 15) is 9.59 Å². The van der Waals surface area contributed by atoms with Gasteiger partial charge < -0.3 is 29.2 Å². The van der Waals surface area contributed by atoms with E-state index >= 15 is 0 Å². The van der Waals surface area contributed by atoms with Gasteiger partial charge in [-0.3, -0.25) is 9.59 Å². The summed E-state index contributed by atoms with van der Waals surface area (Å²) in [4.78, 5) is 19.3. The molecule has 0 aromatic carbocycles. The largest absolute Gasteiger partial charge is 0.481 e. The van der Waals surface area contributed by atoms with Gasteiger partial charge in [-0.1, -0.05) is 13.3 Å². The van der Waals surface area contributed by atoms with Gasteiger partial charge in [0, 0.05) is 13.2 Å².